The predicted molar refractivity (Wildman–Crippen MR) is 53.1 cm³/mol. The van der Waals surface area contributed by atoms with Gasteiger partial charge in [0.25, 0.3) is 0 Å². The van der Waals surface area contributed by atoms with Gasteiger partial charge in [-0.2, -0.15) is 35.9 Å². The first-order chi connectivity index (χ1) is 5.83. The Kier molecular flexibility index (Phi) is 7.14. The van der Waals surface area contributed by atoms with Crippen molar-refractivity contribution < 1.29 is 18.9 Å². The largest absolute Gasteiger partial charge is 1.00 e. The molecule has 0 spiro atoms. The molecule has 0 fully saturated rings. The smallest absolute Gasteiger partial charge is 0.180 e. The standard InChI is InChI=1S/C12H17.Li/c1-3-11(2)9-10-12-7-5-4-6-8-12;/h4-7,11H,3,9-10H2,1-2H3;/q-1;+1. The van der Waals surface area contributed by atoms with Crippen LogP contribution >= 0.6 is 0 Å². The first-order valence-corrected chi connectivity index (χ1v) is 4.78. The van der Waals surface area contributed by atoms with Crippen molar-refractivity contribution in [1.82, 2.24) is 0 Å². The molecule has 0 N–H and O–H groups in total. The summed E-state index contributed by atoms with van der Waals surface area (Å²) < 4.78 is 0. The fourth-order valence-corrected chi connectivity index (χ4v) is 1.19. The molecule has 0 aliphatic heterocycles. The van der Waals surface area contributed by atoms with E-state index in [0.717, 1.165) is 5.92 Å². The van der Waals surface area contributed by atoms with E-state index in [1.54, 1.807) is 0 Å². The van der Waals surface area contributed by atoms with E-state index < -0.39 is 0 Å². The molecule has 0 aromatic heterocycles. The summed E-state index contributed by atoms with van der Waals surface area (Å²) in [4.78, 5) is 0. The molecule has 0 bridgehead atoms. The maximum absolute atomic E-state index is 3.25. The first-order valence-electron chi connectivity index (χ1n) is 4.78. The van der Waals surface area contributed by atoms with E-state index in [4.69, 9.17) is 0 Å². The monoisotopic (exact) mass is 168 g/mol. The Bertz CT molecular complexity index is 206. The molecule has 0 saturated carbocycles. The Balaban J connectivity index is 0.00000144. The van der Waals surface area contributed by atoms with Gasteiger partial charge in [-0.3, -0.25) is 0 Å². The molecule has 0 heterocycles. The number of hydrogen-bond donors (Lipinski definition) is 0. The van der Waals surface area contributed by atoms with Gasteiger partial charge >= 0.3 is 18.9 Å². The van der Waals surface area contributed by atoms with Crippen molar-refractivity contribution in [3.63, 3.8) is 0 Å². The summed E-state index contributed by atoms with van der Waals surface area (Å²) in [5.74, 6) is 0.846. The molecule has 0 nitrogen and oxygen atoms in total. The summed E-state index contributed by atoms with van der Waals surface area (Å²) >= 11 is 0. The second kappa shape index (κ2) is 7.24. The molecular formula is C12H17Li. The zero-order chi connectivity index (χ0) is 8.81. The predicted octanol–water partition coefficient (Wildman–Crippen LogP) is 0.469. The SMILES string of the molecule is CCC(C)CCc1[c-]cccc1.[Li+]. The molecule has 1 heteroatoms. The first kappa shape index (κ1) is 12.8. The van der Waals surface area contributed by atoms with Crippen LogP contribution in [0.15, 0.2) is 24.3 Å². The molecule has 1 rings (SSSR count). The van der Waals surface area contributed by atoms with E-state index in [9.17, 15) is 0 Å². The van der Waals surface area contributed by atoms with Crippen molar-refractivity contribution >= 4 is 0 Å². The summed E-state index contributed by atoms with van der Waals surface area (Å²) in [6.07, 6.45) is 3.75. The minimum Gasteiger partial charge on any atom is -0.180 e. The Morgan fingerprint density at radius 1 is 1.38 bits per heavy atom. The fourth-order valence-electron chi connectivity index (χ4n) is 1.19. The van der Waals surface area contributed by atoms with Crippen molar-refractivity contribution in [1.29, 1.82) is 0 Å². The van der Waals surface area contributed by atoms with Crippen molar-refractivity contribution in [2.75, 3.05) is 0 Å². The van der Waals surface area contributed by atoms with E-state index in [-0.39, 0.29) is 18.9 Å². The molecule has 1 aromatic rings. The van der Waals surface area contributed by atoms with Crippen molar-refractivity contribution in [3.8, 4) is 0 Å². The van der Waals surface area contributed by atoms with Gasteiger partial charge in [0.2, 0.25) is 0 Å². The fraction of sp³-hybridized carbons (Fsp3) is 0.500. The summed E-state index contributed by atoms with van der Waals surface area (Å²) in [5.41, 5.74) is 1.35. The van der Waals surface area contributed by atoms with Gasteiger partial charge in [-0.05, 0) is 12.3 Å². The summed E-state index contributed by atoms with van der Waals surface area (Å²) in [6.45, 7) is 4.56. The molecule has 1 aromatic carbocycles. The number of benzene rings is 1. The summed E-state index contributed by atoms with van der Waals surface area (Å²) in [6, 6.07) is 11.5. The molecule has 0 aliphatic rings. The van der Waals surface area contributed by atoms with Crippen LogP contribution in [0.1, 0.15) is 32.3 Å². The molecule has 0 saturated heterocycles. The van der Waals surface area contributed by atoms with Crippen LogP contribution in [0.3, 0.4) is 0 Å². The quantitative estimate of drug-likeness (QED) is 0.453. The molecule has 13 heavy (non-hydrogen) atoms. The van der Waals surface area contributed by atoms with E-state index in [0.29, 0.717) is 0 Å². The van der Waals surface area contributed by atoms with Gasteiger partial charge in [0.1, 0.15) is 0 Å². The maximum Gasteiger partial charge on any atom is 1.00 e. The van der Waals surface area contributed by atoms with E-state index in [2.05, 4.69) is 32.0 Å². The van der Waals surface area contributed by atoms with Gasteiger partial charge < -0.3 is 0 Å². The van der Waals surface area contributed by atoms with Gasteiger partial charge in [-0.1, -0.05) is 26.7 Å². The molecule has 1 unspecified atom stereocenters. The summed E-state index contributed by atoms with van der Waals surface area (Å²) in [7, 11) is 0. The van der Waals surface area contributed by atoms with Crippen LogP contribution in [0.4, 0.5) is 0 Å². The third kappa shape index (κ3) is 5.19. The Morgan fingerprint density at radius 2 is 2.15 bits per heavy atom. The Morgan fingerprint density at radius 3 is 2.69 bits per heavy atom. The molecule has 0 amide bonds. The minimum atomic E-state index is 0. The normalized spacial score (nSPS) is 11.8. The van der Waals surface area contributed by atoms with E-state index in [1.165, 1.54) is 24.8 Å². The third-order valence-corrected chi connectivity index (χ3v) is 2.38. The van der Waals surface area contributed by atoms with Crippen LogP contribution in [0.2, 0.25) is 0 Å². The van der Waals surface area contributed by atoms with Crippen LogP contribution in [0.5, 0.6) is 0 Å². The van der Waals surface area contributed by atoms with Gasteiger partial charge in [0.15, 0.2) is 0 Å². The number of hydrogen-bond acceptors (Lipinski definition) is 0. The third-order valence-electron chi connectivity index (χ3n) is 2.38. The van der Waals surface area contributed by atoms with Crippen LogP contribution in [0.25, 0.3) is 0 Å². The van der Waals surface area contributed by atoms with Gasteiger partial charge in [-0.15, -0.1) is 0 Å². The van der Waals surface area contributed by atoms with Crippen LogP contribution in [0, 0.1) is 12.0 Å². The number of rotatable bonds is 4. The van der Waals surface area contributed by atoms with Gasteiger partial charge in [0.05, 0.1) is 0 Å². The molecule has 1 atom stereocenters. The topological polar surface area (TPSA) is 0 Å². The Labute approximate surface area is 93.9 Å². The van der Waals surface area contributed by atoms with E-state index >= 15 is 0 Å². The zero-order valence-corrected chi connectivity index (χ0v) is 9.01. The average molecular weight is 168 g/mol. The van der Waals surface area contributed by atoms with Crippen molar-refractivity contribution in [2.24, 2.45) is 5.92 Å². The van der Waals surface area contributed by atoms with Crippen molar-refractivity contribution in [2.45, 2.75) is 33.1 Å². The average Bonchev–Trinajstić information content (AvgIpc) is 2.16. The van der Waals surface area contributed by atoms with E-state index in [1.807, 2.05) is 12.1 Å². The van der Waals surface area contributed by atoms with Gasteiger partial charge in [-0.25, -0.2) is 0 Å². The maximum atomic E-state index is 3.25. The van der Waals surface area contributed by atoms with Gasteiger partial charge in [0, 0.05) is 0 Å². The van der Waals surface area contributed by atoms with Crippen LogP contribution < -0.4 is 18.9 Å². The minimum absolute atomic E-state index is 0. The molecule has 0 aliphatic carbocycles. The van der Waals surface area contributed by atoms with Crippen molar-refractivity contribution in [3.05, 3.63) is 35.9 Å². The molecule has 66 valence electrons. The Hall–Kier alpha value is -0.183. The van der Waals surface area contributed by atoms with Crippen LogP contribution in [-0.2, 0) is 6.42 Å². The molecule has 0 radical (unpaired) electrons. The zero-order valence-electron chi connectivity index (χ0n) is 9.01. The summed E-state index contributed by atoms with van der Waals surface area (Å²) in [5, 5.41) is 0. The second-order valence-corrected chi connectivity index (χ2v) is 3.44. The second-order valence-electron chi connectivity index (χ2n) is 3.44. The van der Waals surface area contributed by atoms with Crippen LogP contribution in [-0.4, -0.2) is 0 Å². The molecular weight excluding hydrogens is 151 g/mol. The number of aryl methyl sites for hydroxylation is 1.